The first-order chi connectivity index (χ1) is 12.5. The highest BCUT2D eigenvalue weighted by molar-refractivity contribution is 5.90. The van der Waals surface area contributed by atoms with E-state index < -0.39 is 0 Å². The molecule has 1 unspecified atom stereocenters. The van der Waals surface area contributed by atoms with Crippen molar-refractivity contribution in [3.8, 4) is 6.07 Å². The third-order valence-electron chi connectivity index (χ3n) is 4.94. The van der Waals surface area contributed by atoms with Crippen molar-refractivity contribution < 1.29 is 14.3 Å². The molecular formula is C19H24N4O3. The molecule has 1 atom stereocenters. The minimum absolute atomic E-state index is 0.0338. The van der Waals surface area contributed by atoms with Gasteiger partial charge < -0.3 is 15.0 Å². The molecule has 0 radical (unpaired) electrons. The molecule has 0 bridgehead atoms. The van der Waals surface area contributed by atoms with Crippen molar-refractivity contribution >= 4 is 17.7 Å². The zero-order valence-corrected chi connectivity index (χ0v) is 15.0. The van der Waals surface area contributed by atoms with Gasteiger partial charge in [0.25, 0.3) is 0 Å². The van der Waals surface area contributed by atoms with Crippen LogP contribution in [0.25, 0.3) is 0 Å². The molecular weight excluding hydrogens is 332 g/mol. The lowest BCUT2D eigenvalue weighted by Crippen LogP contribution is -2.50. The molecule has 1 aromatic rings. The summed E-state index contributed by atoms with van der Waals surface area (Å²) in [6, 6.07) is 8.88. The summed E-state index contributed by atoms with van der Waals surface area (Å²) in [5.74, 6) is -0.0338. The molecule has 0 aromatic heterocycles. The first-order valence-electron chi connectivity index (χ1n) is 8.96. The van der Waals surface area contributed by atoms with Gasteiger partial charge in [0, 0.05) is 25.7 Å². The number of nitrogens with one attached hydrogen (secondary N) is 1. The molecule has 7 heteroatoms. The second kappa shape index (κ2) is 7.75. The molecule has 3 rings (SSSR count). The van der Waals surface area contributed by atoms with E-state index in [1.807, 2.05) is 0 Å². The molecule has 1 spiro atoms. The molecule has 2 aliphatic rings. The van der Waals surface area contributed by atoms with E-state index in [-0.39, 0.29) is 17.6 Å². The van der Waals surface area contributed by atoms with E-state index in [0.717, 1.165) is 38.9 Å². The number of carbonyl (C=O) groups is 2. The molecule has 2 fully saturated rings. The number of piperidine rings is 1. The number of amides is 2. The monoisotopic (exact) mass is 356 g/mol. The van der Waals surface area contributed by atoms with Gasteiger partial charge in [-0.1, -0.05) is 0 Å². The topological polar surface area (TPSA) is 85.7 Å². The smallest absolute Gasteiger partial charge is 0.410 e. The summed E-state index contributed by atoms with van der Waals surface area (Å²) >= 11 is 0. The quantitative estimate of drug-likeness (QED) is 0.874. The predicted molar refractivity (Wildman–Crippen MR) is 96.5 cm³/mol. The van der Waals surface area contributed by atoms with Gasteiger partial charge in [0.1, 0.15) is 5.60 Å². The normalized spacial score (nSPS) is 22.9. The van der Waals surface area contributed by atoms with E-state index in [0.29, 0.717) is 24.2 Å². The second-order valence-corrected chi connectivity index (χ2v) is 7.13. The van der Waals surface area contributed by atoms with Gasteiger partial charge in [0.15, 0.2) is 0 Å². The molecule has 2 saturated heterocycles. The summed E-state index contributed by atoms with van der Waals surface area (Å²) in [6.07, 6.45) is 2.84. The number of nitriles is 1. The number of hydrogen-bond acceptors (Lipinski definition) is 5. The Labute approximate surface area is 153 Å². The van der Waals surface area contributed by atoms with Gasteiger partial charge in [-0.05, 0) is 56.6 Å². The van der Waals surface area contributed by atoms with Gasteiger partial charge in [-0.15, -0.1) is 0 Å². The third kappa shape index (κ3) is 4.33. The van der Waals surface area contributed by atoms with Crippen molar-refractivity contribution in [3.05, 3.63) is 29.8 Å². The maximum absolute atomic E-state index is 12.1. The SMILES string of the molecule is CN1CC2(CCCN(CCCC(=O)Nc3ccc(C#N)cc3)C2)OC1=O. The highest BCUT2D eigenvalue weighted by atomic mass is 16.6. The molecule has 138 valence electrons. The van der Waals surface area contributed by atoms with Crippen molar-refractivity contribution in [2.45, 2.75) is 31.3 Å². The lowest BCUT2D eigenvalue weighted by molar-refractivity contribution is -0.116. The fraction of sp³-hybridized carbons (Fsp3) is 0.526. The van der Waals surface area contributed by atoms with Crippen LogP contribution in [0.5, 0.6) is 0 Å². The van der Waals surface area contributed by atoms with Crippen molar-refractivity contribution in [2.75, 3.05) is 38.5 Å². The van der Waals surface area contributed by atoms with Crippen LogP contribution in [-0.4, -0.2) is 60.6 Å². The molecule has 2 amide bonds. The highest BCUT2D eigenvalue weighted by Crippen LogP contribution is 2.31. The minimum Gasteiger partial charge on any atom is -0.440 e. The number of benzene rings is 1. The number of rotatable bonds is 5. The van der Waals surface area contributed by atoms with Crippen LogP contribution < -0.4 is 5.32 Å². The number of ether oxygens (including phenoxy) is 1. The summed E-state index contributed by atoms with van der Waals surface area (Å²) in [5.41, 5.74) is 0.890. The Kier molecular flexibility index (Phi) is 5.43. The van der Waals surface area contributed by atoms with Crippen LogP contribution in [0.4, 0.5) is 10.5 Å². The number of hydrogen-bond donors (Lipinski definition) is 1. The summed E-state index contributed by atoms with van der Waals surface area (Å²) in [4.78, 5) is 27.7. The predicted octanol–water partition coefficient (Wildman–Crippen LogP) is 2.19. The van der Waals surface area contributed by atoms with Crippen LogP contribution in [0.2, 0.25) is 0 Å². The number of nitrogens with zero attached hydrogens (tertiary/aromatic N) is 3. The van der Waals surface area contributed by atoms with E-state index in [2.05, 4.69) is 16.3 Å². The summed E-state index contributed by atoms with van der Waals surface area (Å²) in [6.45, 7) is 3.16. The highest BCUT2D eigenvalue weighted by Gasteiger charge is 2.46. The molecule has 0 aliphatic carbocycles. The number of likely N-dealkylation sites (tertiary alicyclic amines) is 1. The largest absolute Gasteiger partial charge is 0.440 e. The van der Waals surface area contributed by atoms with E-state index >= 15 is 0 Å². The lowest BCUT2D eigenvalue weighted by Gasteiger charge is -2.38. The summed E-state index contributed by atoms with van der Waals surface area (Å²) < 4.78 is 5.60. The minimum atomic E-state index is -0.380. The molecule has 26 heavy (non-hydrogen) atoms. The first-order valence-corrected chi connectivity index (χ1v) is 8.96. The number of likely N-dealkylation sites (N-methyl/N-ethyl adjacent to an activating group) is 1. The van der Waals surface area contributed by atoms with Crippen LogP contribution in [0.1, 0.15) is 31.2 Å². The third-order valence-corrected chi connectivity index (χ3v) is 4.94. The summed E-state index contributed by atoms with van der Waals surface area (Å²) in [5, 5.41) is 11.6. The second-order valence-electron chi connectivity index (χ2n) is 7.13. The Morgan fingerprint density at radius 1 is 1.35 bits per heavy atom. The van der Waals surface area contributed by atoms with Crippen molar-refractivity contribution in [1.29, 1.82) is 5.26 Å². The van der Waals surface area contributed by atoms with Crippen LogP contribution in [0, 0.1) is 11.3 Å². The van der Waals surface area contributed by atoms with Gasteiger partial charge in [-0.25, -0.2) is 4.79 Å². The van der Waals surface area contributed by atoms with Gasteiger partial charge in [-0.2, -0.15) is 5.26 Å². The standard InChI is InChI=1S/C19H24N4O3/c1-22-13-19(26-18(22)25)9-3-11-23(14-19)10-2-4-17(24)21-16-7-5-15(12-20)6-8-16/h5-8H,2-4,9-11,13-14H2,1H3,(H,21,24). The van der Waals surface area contributed by atoms with Crippen LogP contribution in [-0.2, 0) is 9.53 Å². The van der Waals surface area contributed by atoms with Crippen molar-refractivity contribution in [3.63, 3.8) is 0 Å². The Hall–Kier alpha value is -2.59. The summed E-state index contributed by atoms with van der Waals surface area (Å²) in [7, 11) is 1.77. The molecule has 1 N–H and O–H groups in total. The lowest BCUT2D eigenvalue weighted by atomic mass is 9.92. The van der Waals surface area contributed by atoms with E-state index in [9.17, 15) is 9.59 Å². The van der Waals surface area contributed by atoms with Crippen LogP contribution in [0.3, 0.4) is 0 Å². The first kappa shape index (κ1) is 18.2. The average molecular weight is 356 g/mol. The molecule has 0 saturated carbocycles. The molecule has 2 aliphatic heterocycles. The Morgan fingerprint density at radius 2 is 2.12 bits per heavy atom. The fourth-order valence-electron chi connectivity index (χ4n) is 3.70. The van der Waals surface area contributed by atoms with Gasteiger partial charge >= 0.3 is 6.09 Å². The van der Waals surface area contributed by atoms with Crippen LogP contribution in [0.15, 0.2) is 24.3 Å². The van der Waals surface area contributed by atoms with Crippen molar-refractivity contribution in [2.24, 2.45) is 0 Å². The van der Waals surface area contributed by atoms with E-state index in [4.69, 9.17) is 10.00 Å². The number of carbonyl (C=O) groups excluding carboxylic acids is 2. The molecule has 2 heterocycles. The average Bonchev–Trinajstić information content (AvgIpc) is 2.88. The number of anilines is 1. The van der Waals surface area contributed by atoms with Gasteiger partial charge in [0.05, 0.1) is 18.2 Å². The molecule has 1 aromatic carbocycles. The maximum atomic E-state index is 12.1. The molecule has 7 nitrogen and oxygen atoms in total. The van der Waals surface area contributed by atoms with Gasteiger partial charge in [0.2, 0.25) is 5.91 Å². The maximum Gasteiger partial charge on any atom is 0.410 e. The zero-order chi connectivity index (χ0) is 18.6. The van der Waals surface area contributed by atoms with E-state index in [1.165, 1.54) is 0 Å². The van der Waals surface area contributed by atoms with Gasteiger partial charge in [-0.3, -0.25) is 9.69 Å². The Bertz CT molecular complexity index is 712. The van der Waals surface area contributed by atoms with Crippen molar-refractivity contribution in [1.82, 2.24) is 9.80 Å². The fourth-order valence-corrected chi connectivity index (χ4v) is 3.70. The zero-order valence-electron chi connectivity index (χ0n) is 15.0. The Balaban J connectivity index is 1.42. The Morgan fingerprint density at radius 3 is 2.77 bits per heavy atom. The van der Waals surface area contributed by atoms with Crippen LogP contribution >= 0.6 is 0 Å². The van der Waals surface area contributed by atoms with E-state index in [1.54, 1.807) is 36.2 Å².